The molecule has 1 fully saturated rings. The molecule has 0 bridgehead atoms. The first-order valence-electron chi connectivity index (χ1n) is 8.63. The van der Waals surface area contributed by atoms with Gasteiger partial charge in [0.2, 0.25) is 5.91 Å². The summed E-state index contributed by atoms with van der Waals surface area (Å²) in [7, 11) is 0. The second-order valence-electron chi connectivity index (χ2n) is 6.99. The van der Waals surface area contributed by atoms with Gasteiger partial charge in [0.25, 0.3) is 5.56 Å². The molecule has 1 aliphatic rings. The number of H-pyrrole nitrogens is 1. The van der Waals surface area contributed by atoms with E-state index >= 15 is 0 Å². The van der Waals surface area contributed by atoms with Crippen molar-refractivity contribution >= 4 is 11.7 Å². The highest BCUT2D eigenvalue weighted by atomic mass is 16.2. The van der Waals surface area contributed by atoms with Crippen LogP contribution >= 0.6 is 0 Å². The zero-order chi connectivity index (χ0) is 17.9. The van der Waals surface area contributed by atoms with Crippen LogP contribution in [-0.2, 0) is 10.2 Å². The summed E-state index contributed by atoms with van der Waals surface area (Å²) in [4.78, 5) is 33.6. The summed E-state index contributed by atoms with van der Waals surface area (Å²) in [5.41, 5.74) is 0.187. The van der Waals surface area contributed by atoms with Crippen molar-refractivity contribution < 1.29 is 4.79 Å². The molecule has 0 aliphatic carbocycles. The predicted molar refractivity (Wildman–Crippen MR) is 97.7 cm³/mol. The van der Waals surface area contributed by atoms with Crippen molar-refractivity contribution in [2.45, 2.75) is 38.1 Å². The quantitative estimate of drug-likeness (QED) is 0.890. The molecule has 1 amide bonds. The second kappa shape index (κ2) is 7.09. The van der Waals surface area contributed by atoms with Crippen LogP contribution in [-0.4, -0.2) is 35.0 Å². The van der Waals surface area contributed by atoms with E-state index in [1.54, 1.807) is 6.20 Å². The van der Waals surface area contributed by atoms with E-state index in [1.807, 2.05) is 49.1 Å². The maximum absolute atomic E-state index is 12.8. The number of nitrogens with one attached hydrogen (secondary N) is 2. The van der Waals surface area contributed by atoms with E-state index in [-0.39, 0.29) is 17.5 Å². The molecule has 1 aromatic heterocycles. The molecular weight excluding hydrogens is 316 g/mol. The first-order valence-corrected chi connectivity index (χ1v) is 8.63. The zero-order valence-corrected chi connectivity index (χ0v) is 14.7. The summed E-state index contributed by atoms with van der Waals surface area (Å²) in [5, 5.41) is 3.16. The molecule has 1 saturated heterocycles. The number of hydrogen-bond donors (Lipinski definition) is 2. The van der Waals surface area contributed by atoms with Crippen LogP contribution in [0.25, 0.3) is 0 Å². The fourth-order valence-electron chi connectivity index (χ4n) is 3.21. The Morgan fingerprint density at radius 2 is 2.08 bits per heavy atom. The normalized spacial score (nSPS) is 18.0. The smallest absolute Gasteiger partial charge is 0.290 e. The van der Waals surface area contributed by atoms with Gasteiger partial charge in [-0.3, -0.25) is 9.59 Å². The van der Waals surface area contributed by atoms with Gasteiger partial charge in [0.15, 0.2) is 5.82 Å². The lowest BCUT2D eigenvalue weighted by molar-refractivity contribution is -0.126. The third kappa shape index (κ3) is 3.73. The Morgan fingerprint density at radius 1 is 1.32 bits per heavy atom. The topological polar surface area (TPSA) is 78.1 Å². The highest BCUT2D eigenvalue weighted by Crippen LogP contribution is 2.24. The maximum Gasteiger partial charge on any atom is 0.290 e. The molecule has 0 radical (unpaired) electrons. The Hall–Kier alpha value is -2.63. The summed E-state index contributed by atoms with van der Waals surface area (Å²) < 4.78 is 0. The second-order valence-corrected chi connectivity index (χ2v) is 6.99. The van der Waals surface area contributed by atoms with Gasteiger partial charge in [-0.25, -0.2) is 4.98 Å². The Bertz CT molecular complexity index is 785. The lowest BCUT2D eigenvalue weighted by Gasteiger charge is -2.35. The molecule has 25 heavy (non-hydrogen) atoms. The molecule has 3 rings (SSSR count). The molecule has 6 heteroatoms. The molecule has 132 valence electrons. The minimum atomic E-state index is -0.605. The van der Waals surface area contributed by atoms with Crippen LogP contribution in [0, 0.1) is 0 Å². The minimum absolute atomic E-state index is 0.000445. The Balaban J connectivity index is 1.69. The van der Waals surface area contributed by atoms with E-state index in [0.29, 0.717) is 12.4 Å². The molecule has 0 spiro atoms. The molecule has 0 saturated carbocycles. The Labute approximate surface area is 147 Å². The van der Waals surface area contributed by atoms with Crippen molar-refractivity contribution in [3.8, 4) is 0 Å². The molecule has 1 aliphatic heterocycles. The average Bonchev–Trinajstić information content (AvgIpc) is 2.63. The molecule has 2 N–H and O–H groups in total. The zero-order valence-electron chi connectivity index (χ0n) is 14.7. The maximum atomic E-state index is 12.8. The summed E-state index contributed by atoms with van der Waals surface area (Å²) in [6, 6.07) is 9.78. The van der Waals surface area contributed by atoms with Gasteiger partial charge in [-0.15, -0.1) is 0 Å². The van der Waals surface area contributed by atoms with Crippen molar-refractivity contribution in [3.05, 3.63) is 58.6 Å². The number of rotatable bonds is 4. The van der Waals surface area contributed by atoms with E-state index in [0.717, 1.165) is 24.9 Å². The third-order valence-corrected chi connectivity index (χ3v) is 4.81. The first-order chi connectivity index (χ1) is 12.0. The van der Waals surface area contributed by atoms with E-state index in [2.05, 4.69) is 15.3 Å². The van der Waals surface area contributed by atoms with Crippen LogP contribution < -0.4 is 15.8 Å². The lowest BCUT2D eigenvalue weighted by atomic mass is 9.83. The van der Waals surface area contributed by atoms with Gasteiger partial charge < -0.3 is 15.2 Å². The number of hydrogen-bond acceptors (Lipinski definition) is 4. The van der Waals surface area contributed by atoms with Crippen LogP contribution in [0.3, 0.4) is 0 Å². The third-order valence-electron chi connectivity index (χ3n) is 4.81. The molecule has 0 unspecified atom stereocenters. The van der Waals surface area contributed by atoms with Gasteiger partial charge in [0.05, 0.1) is 5.41 Å². The number of benzene rings is 1. The Kier molecular flexibility index (Phi) is 4.88. The van der Waals surface area contributed by atoms with Gasteiger partial charge in [-0.1, -0.05) is 30.3 Å². The van der Waals surface area contributed by atoms with E-state index < -0.39 is 5.41 Å². The standard InChI is InChI=1S/C19H24N4O2/c1-19(2,14-7-4-3-5-8-14)18(25)22-15-9-6-12-23(13-15)16-17(24)21-11-10-20-16/h3-5,7-8,10-11,15H,6,9,12-13H2,1-2H3,(H,21,24)(H,22,25)/t15-/m1/s1. The highest BCUT2D eigenvalue weighted by Gasteiger charge is 2.32. The highest BCUT2D eigenvalue weighted by molar-refractivity contribution is 5.87. The number of carbonyl (C=O) groups excluding carboxylic acids is 1. The SMILES string of the molecule is CC(C)(C(=O)N[C@@H]1CCCN(c2ncc[nH]c2=O)C1)c1ccccc1. The molecular formula is C19H24N4O2. The summed E-state index contributed by atoms with van der Waals surface area (Å²) in [6.45, 7) is 5.23. The molecule has 2 heterocycles. The summed E-state index contributed by atoms with van der Waals surface area (Å²) in [5.74, 6) is 0.421. The van der Waals surface area contributed by atoms with Crippen molar-refractivity contribution in [2.75, 3.05) is 18.0 Å². The number of aromatic amines is 1. The number of nitrogens with zero attached hydrogens (tertiary/aromatic N) is 2. The van der Waals surface area contributed by atoms with Crippen molar-refractivity contribution in [3.63, 3.8) is 0 Å². The van der Waals surface area contributed by atoms with E-state index in [1.165, 1.54) is 6.20 Å². The van der Waals surface area contributed by atoms with Gasteiger partial charge in [0.1, 0.15) is 0 Å². The number of anilines is 1. The number of aromatic nitrogens is 2. The van der Waals surface area contributed by atoms with Gasteiger partial charge >= 0.3 is 0 Å². The monoisotopic (exact) mass is 340 g/mol. The average molecular weight is 340 g/mol. The first kappa shape index (κ1) is 17.2. The number of piperidine rings is 1. The predicted octanol–water partition coefficient (Wildman–Crippen LogP) is 1.83. The van der Waals surface area contributed by atoms with Crippen LogP contribution in [0.4, 0.5) is 5.82 Å². The lowest BCUT2D eigenvalue weighted by Crippen LogP contribution is -2.52. The van der Waals surface area contributed by atoms with Crippen molar-refractivity contribution in [1.29, 1.82) is 0 Å². The van der Waals surface area contributed by atoms with Crippen molar-refractivity contribution in [2.24, 2.45) is 0 Å². The van der Waals surface area contributed by atoms with Crippen LogP contribution in [0.5, 0.6) is 0 Å². The van der Waals surface area contributed by atoms with E-state index in [4.69, 9.17) is 0 Å². The van der Waals surface area contributed by atoms with Crippen molar-refractivity contribution in [1.82, 2.24) is 15.3 Å². The minimum Gasteiger partial charge on any atom is -0.351 e. The summed E-state index contributed by atoms with van der Waals surface area (Å²) in [6.07, 6.45) is 4.92. The fourth-order valence-corrected chi connectivity index (χ4v) is 3.21. The fraction of sp³-hybridized carbons (Fsp3) is 0.421. The van der Waals surface area contributed by atoms with Crippen LogP contribution in [0.1, 0.15) is 32.3 Å². The number of amides is 1. The van der Waals surface area contributed by atoms with Crippen LogP contribution in [0.15, 0.2) is 47.5 Å². The largest absolute Gasteiger partial charge is 0.351 e. The molecule has 1 atom stereocenters. The van der Waals surface area contributed by atoms with Gasteiger partial charge in [-0.05, 0) is 32.3 Å². The molecule has 1 aromatic carbocycles. The Morgan fingerprint density at radius 3 is 2.80 bits per heavy atom. The van der Waals surface area contributed by atoms with Gasteiger partial charge in [-0.2, -0.15) is 0 Å². The molecule has 6 nitrogen and oxygen atoms in total. The summed E-state index contributed by atoms with van der Waals surface area (Å²) >= 11 is 0. The van der Waals surface area contributed by atoms with Gasteiger partial charge in [0, 0.05) is 31.5 Å². The number of carbonyl (C=O) groups is 1. The van der Waals surface area contributed by atoms with Crippen LogP contribution in [0.2, 0.25) is 0 Å². The molecule has 2 aromatic rings. The van der Waals surface area contributed by atoms with E-state index in [9.17, 15) is 9.59 Å².